The maximum Gasteiger partial charge on any atom is 0.229 e. The molecule has 0 spiro atoms. The van der Waals surface area contributed by atoms with Crippen LogP contribution < -0.4 is 5.32 Å². The van der Waals surface area contributed by atoms with Crippen molar-refractivity contribution >= 4 is 0 Å². The first kappa shape index (κ1) is 12.7. The lowest BCUT2D eigenvalue weighted by atomic mass is 9.98. The highest BCUT2D eigenvalue weighted by Gasteiger charge is 2.35. The lowest BCUT2D eigenvalue weighted by molar-refractivity contribution is -0.0548. The minimum atomic E-state index is -0.0106. The number of piperidine rings is 1. The Balaban J connectivity index is 1.44. The zero-order chi connectivity index (χ0) is 13.4. The van der Waals surface area contributed by atoms with Gasteiger partial charge in [0.25, 0.3) is 0 Å². The predicted octanol–water partition coefficient (Wildman–Crippen LogP) is 1.07. The first-order valence-corrected chi connectivity index (χ1v) is 7.80. The van der Waals surface area contributed by atoms with Gasteiger partial charge in [0, 0.05) is 18.5 Å². The van der Waals surface area contributed by atoms with Crippen molar-refractivity contribution in [2.75, 3.05) is 32.8 Å². The molecule has 2 atom stereocenters. The van der Waals surface area contributed by atoms with Crippen LogP contribution in [0.25, 0.3) is 0 Å². The topological polar surface area (TPSA) is 63.4 Å². The van der Waals surface area contributed by atoms with Gasteiger partial charge >= 0.3 is 0 Å². The van der Waals surface area contributed by atoms with E-state index in [0.29, 0.717) is 12.0 Å². The summed E-state index contributed by atoms with van der Waals surface area (Å²) in [4.78, 5) is 7.12. The van der Waals surface area contributed by atoms with E-state index in [1.165, 1.54) is 19.4 Å². The number of nitrogens with one attached hydrogen (secondary N) is 1. The highest BCUT2D eigenvalue weighted by atomic mass is 16.5. The molecule has 0 aliphatic carbocycles. The van der Waals surface area contributed by atoms with Crippen LogP contribution in [0.15, 0.2) is 4.52 Å². The molecule has 3 aliphatic rings. The third kappa shape index (κ3) is 2.36. The summed E-state index contributed by atoms with van der Waals surface area (Å²) in [5.74, 6) is 1.96. The van der Waals surface area contributed by atoms with E-state index in [9.17, 15) is 0 Å². The molecule has 0 saturated carbocycles. The van der Waals surface area contributed by atoms with Crippen LogP contribution in [0.1, 0.15) is 49.4 Å². The van der Waals surface area contributed by atoms with E-state index >= 15 is 0 Å². The third-order valence-corrected chi connectivity index (χ3v) is 4.82. The van der Waals surface area contributed by atoms with E-state index in [4.69, 9.17) is 9.26 Å². The summed E-state index contributed by atoms with van der Waals surface area (Å²) in [6.45, 7) is 4.98. The van der Waals surface area contributed by atoms with E-state index in [-0.39, 0.29) is 6.10 Å². The quantitative estimate of drug-likeness (QED) is 0.873. The molecule has 0 bridgehead atoms. The van der Waals surface area contributed by atoms with Crippen LogP contribution in [-0.4, -0.2) is 53.9 Å². The van der Waals surface area contributed by atoms with Gasteiger partial charge in [-0.05, 0) is 45.3 Å². The summed E-state index contributed by atoms with van der Waals surface area (Å²) in [5.41, 5.74) is 0. The zero-order valence-corrected chi connectivity index (χ0v) is 11.8. The van der Waals surface area contributed by atoms with Gasteiger partial charge in [-0.2, -0.15) is 4.98 Å². The standard InChI is InChI=1S/C14H22N4O2/c1-2-11-9-19-12(8-18(11)7-1)13-16-14(20-17-13)10-3-5-15-6-4-10/h10-12,15H,1-9H2. The number of ether oxygens (including phenoxy) is 1. The van der Waals surface area contributed by atoms with Crippen molar-refractivity contribution in [3.8, 4) is 0 Å². The molecule has 0 aromatic carbocycles. The van der Waals surface area contributed by atoms with Gasteiger partial charge in [0.05, 0.1) is 6.61 Å². The van der Waals surface area contributed by atoms with E-state index in [1.54, 1.807) is 0 Å². The Bertz CT molecular complexity index is 458. The number of rotatable bonds is 2. The second kappa shape index (κ2) is 5.42. The summed E-state index contributed by atoms with van der Waals surface area (Å²) in [6, 6.07) is 0.613. The maximum atomic E-state index is 5.94. The van der Waals surface area contributed by atoms with Gasteiger partial charge in [-0.3, -0.25) is 4.90 Å². The molecule has 0 amide bonds. The maximum absolute atomic E-state index is 5.94. The Labute approximate surface area is 118 Å². The van der Waals surface area contributed by atoms with Crippen LogP contribution in [0, 0.1) is 0 Å². The van der Waals surface area contributed by atoms with Gasteiger partial charge in [-0.15, -0.1) is 0 Å². The minimum absolute atomic E-state index is 0.0106. The van der Waals surface area contributed by atoms with Crippen molar-refractivity contribution in [1.29, 1.82) is 0 Å². The highest BCUT2D eigenvalue weighted by Crippen LogP contribution is 2.30. The SMILES string of the molecule is C1CC2COC(c3noc(C4CCNCC4)n3)CN2C1. The van der Waals surface area contributed by atoms with Crippen molar-refractivity contribution in [3.63, 3.8) is 0 Å². The molecule has 6 nitrogen and oxygen atoms in total. The molecule has 2 unspecified atom stereocenters. The third-order valence-electron chi connectivity index (χ3n) is 4.82. The Hall–Kier alpha value is -0.980. The van der Waals surface area contributed by atoms with Crippen molar-refractivity contribution < 1.29 is 9.26 Å². The van der Waals surface area contributed by atoms with Gasteiger partial charge in [0.1, 0.15) is 6.10 Å². The Morgan fingerprint density at radius 3 is 3.00 bits per heavy atom. The summed E-state index contributed by atoms with van der Waals surface area (Å²) < 4.78 is 11.4. The lowest BCUT2D eigenvalue weighted by Crippen LogP contribution is -2.42. The fraction of sp³-hybridized carbons (Fsp3) is 0.857. The molecule has 4 rings (SSSR count). The molecule has 20 heavy (non-hydrogen) atoms. The number of morpholine rings is 1. The molecule has 0 radical (unpaired) electrons. The molecular weight excluding hydrogens is 256 g/mol. The predicted molar refractivity (Wildman–Crippen MR) is 72.4 cm³/mol. The summed E-state index contributed by atoms with van der Waals surface area (Å²) in [7, 11) is 0. The first-order valence-electron chi connectivity index (χ1n) is 7.80. The molecule has 1 N–H and O–H groups in total. The fourth-order valence-electron chi connectivity index (χ4n) is 3.59. The van der Waals surface area contributed by atoms with Crippen LogP contribution >= 0.6 is 0 Å². The number of hydrogen-bond donors (Lipinski definition) is 1. The molecule has 1 aromatic rings. The number of nitrogens with zero attached hydrogens (tertiary/aromatic N) is 3. The molecule has 6 heteroatoms. The number of fused-ring (bicyclic) bond motifs is 1. The fourth-order valence-corrected chi connectivity index (χ4v) is 3.59. The molecule has 110 valence electrons. The molecule has 1 aromatic heterocycles. The summed E-state index contributed by atoms with van der Waals surface area (Å²) >= 11 is 0. The molecular formula is C14H22N4O2. The van der Waals surface area contributed by atoms with Gasteiger partial charge in [-0.25, -0.2) is 0 Å². The van der Waals surface area contributed by atoms with E-state index in [1.807, 2.05) is 0 Å². The Morgan fingerprint density at radius 2 is 2.10 bits per heavy atom. The lowest BCUT2D eigenvalue weighted by Gasteiger charge is -2.33. The van der Waals surface area contributed by atoms with Crippen LogP contribution in [0.5, 0.6) is 0 Å². The van der Waals surface area contributed by atoms with Gasteiger partial charge in [-0.1, -0.05) is 5.16 Å². The van der Waals surface area contributed by atoms with Crippen molar-refractivity contribution in [1.82, 2.24) is 20.4 Å². The van der Waals surface area contributed by atoms with E-state index < -0.39 is 0 Å². The van der Waals surface area contributed by atoms with Crippen LogP contribution in [-0.2, 0) is 4.74 Å². The van der Waals surface area contributed by atoms with Gasteiger partial charge in [0.2, 0.25) is 11.7 Å². The van der Waals surface area contributed by atoms with Gasteiger partial charge in [0.15, 0.2) is 0 Å². The Kier molecular flexibility index (Phi) is 3.45. The van der Waals surface area contributed by atoms with E-state index in [0.717, 1.165) is 50.8 Å². The van der Waals surface area contributed by atoms with Crippen LogP contribution in [0.3, 0.4) is 0 Å². The molecule has 4 heterocycles. The molecule has 3 aliphatic heterocycles. The average Bonchev–Trinajstić information content (AvgIpc) is 3.16. The zero-order valence-electron chi connectivity index (χ0n) is 11.8. The van der Waals surface area contributed by atoms with Crippen molar-refractivity contribution in [3.05, 3.63) is 11.7 Å². The second-order valence-corrected chi connectivity index (χ2v) is 6.13. The monoisotopic (exact) mass is 278 g/mol. The normalized spacial score (nSPS) is 32.4. The molecule has 3 saturated heterocycles. The number of aromatic nitrogens is 2. The second-order valence-electron chi connectivity index (χ2n) is 6.13. The highest BCUT2D eigenvalue weighted by molar-refractivity contribution is 5.01. The van der Waals surface area contributed by atoms with E-state index in [2.05, 4.69) is 20.4 Å². The Morgan fingerprint density at radius 1 is 1.20 bits per heavy atom. The van der Waals surface area contributed by atoms with Crippen molar-refractivity contribution in [2.45, 2.75) is 43.7 Å². The smallest absolute Gasteiger partial charge is 0.229 e. The first-order chi connectivity index (χ1) is 9.90. The summed E-state index contributed by atoms with van der Waals surface area (Å²) in [6.07, 6.45) is 4.71. The van der Waals surface area contributed by atoms with Gasteiger partial charge < -0.3 is 14.6 Å². The van der Waals surface area contributed by atoms with Crippen LogP contribution in [0.2, 0.25) is 0 Å². The van der Waals surface area contributed by atoms with Crippen LogP contribution in [0.4, 0.5) is 0 Å². The molecule has 3 fully saturated rings. The average molecular weight is 278 g/mol. The summed E-state index contributed by atoms with van der Waals surface area (Å²) in [5, 5.41) is 7.53. The number of hydrogen-bond acceptors (Lipinski definition) is 6. The minimum Gasteiger partial charge on any atom is -0.367 e. The van der Waals surface area contributed by atoms with Crippen molar-refractivity contribution in [2.24, 2.45) is 0 Å². The largest absolute Gasteiger partial charge is 0.367 e.